The molecule has 0 aliphatic heterocycles. The van der Waals surface area contributed by atoms with Crippen LogP contribution in [-0.2, 0) is 0 Å². The Morgan fingerprint density at radius 1 is 1.17 bits per heavy atom. The largest absolute Gasteiger partial charge is 0.446 e. The highest BCUT2D eigenvalue weighted by atomic mass is 19.1. The summed E-state index contributed by atoms with van der Waals surface area (Å²) in [5, 5.41) is 8.71. The number of nitrogens with one attached hydrogen (secondary N) is 2. The summed E-state index contributed by atoms with van der Waals surface area (Å²) in [5.74, 6) is -1.68. The maximum atomic E-state index is 14.1. The number of halogens is 1. The summed E-state index contributed by atoms with van der Waals surface area (Å²) >= 11 is 0. The molecule has 0 atom stereocenters. The maximum absolute atomic E-state index is 14.1. The molecule has 0 fully saturated rings. The Balaban J connectivity index is 1.76. The number of carbonyl (C=O) groups is 2. The summed E-state index contributed by atoms with van der Waals surface area (Å²) in [4.78, 5) is 27.2. The van der Waals surface area contributed by atoms with Gasteiger partial charge in [0.05, 0.1) is 0 Å². The molecular formula is C15H12FN5O3. The molecule has 8 nitrogen and oxygen atoms in total. The van der Waals surface area contributed by atoms with Crippen molar-refractivity contribution in [2.75, 3.05) is 12.4 Å². The fraction of sp³-hybridized carbons (Fsp3) is 0.0667. The third-order valence-electron chi connectivity index (χ3n) is 3.15. The zero-order chi connectivity index (χ0) is 17.1. The summed E-state index contributed by atoms with van der Waals surface area (Å²) < 4.78 is 20.5. The van der Waals surface area contributed by atoms with Crippen LogP contribution in [0.15, 0.2) is 47.4 Å². The predicted octanol–water partition coefficient (Wildman–Crippen LogP) is 1.61. The first kappa shape index (κ1) is 15.4. The number of amides is 2. The highest BCUT2D eigenvalue weighted by Crippen LogP contribution is 2.18. The lowest BCUT2D eigenvalue weighted by atomic mass is 10.2. The van der Waals surface area contributed by atoms with Gasteiger partial charge in [-0.05, 0) is 30.3 Å². The van der Waals surface area contributed by atoms with Gasteiger partial charge in [-0.2, -0.15) is 5.10 Å². The van der Waals surface area contributed by atoms with Crippen LogP contribution in [0.1, 0.15) is 21.1 Å². The second-order valence-corrected chi connectivity index (χ2v) is 4.70. The third kappa shape index (κ3) is 3.00. The zero-order valence-corrected chi connectivity index (χ0v) is 12.5. The number of aromatic nitrogens is 3. The van der Waals surface area contributed by atoms with Gasteiger partial charge in [-0.3, -0.25) is 9.59 Å². The summed E-state index contributed by atoms with van der Waals surface area (Å²) in [7, 11) is 1.45. The first-order valence-electron chi connectivity index (χ1n) is 6.86. The molecule has 24 heavy (non-hydrogen) atoms. The summed E-state index contributed by atoms with van der Waals surface area (Å²) in [5.41, 5.74) is 0.435. The standard InChI is InChI=1S/C15H12FN5O3/c1-17-14(22)12-4-5-13(24-12)15(23)20-9-2-3-11(10(16)6-9)21-8-18-7-19-21/h2-8H,1H3,(H,17,22)(H,20,23). The van der Waals surface area contributed by atoms with E-state index in [2.05, 4.69) is 20.7 Å². The van der Waals surface area contributed by atoms with E-state index in [-0.39, 0.29) is 22.9 Å². The number of hydrogen-bond acceptors (Lipinski definition) is 5. The van der Waals surface area contributed by atoms with Crippen molar-refractivity contribution >= 4 is 17.5 Å². The fourth-order valence-electron chi connectivity index (χ4n) is 2.00. The minimum Gasteiger partial charge on any atom is -0.446 e. The molecular weight excluding hydrogens is 317 g/mol. The Kier molecular flexibility index (Phi) is 4.06. The van der Waals surface area contributed by atoms with E-state index in [0.717, 1.165) is 6.07 Å². The molecule has 0 saturated carbocycles. The molecule has 2 N–H and O–H groups in total. The van der Waals surface area contributed by atoms with E-state index < -0.39 is 17.6 Å². The lowest BCUT2D eigenvalue weighted by Gasteiger charge is -2.06. The van der Waals surface area contributed by atoms with Crippen LogP contribution in [0.4, 0.5) is 10.1 Å². The Morgan fingerprint density at radius 2 is 1.92 bits per heavy atom. The first-order chi connectivity index (χ1) is 11.6. The van der Waals surface area contributed by atoms with Gasteiger partial charge in [-0.15, -0.1) is 0 Å². The van der Waals surface area contributed by atoms with E-state index in [1.54, 1.807) is 0 Å². The number of carbonyl (C=O) groups excluding carboxylic acids is 2. The maximum Gasteiger partial charge on any atom is 0.291 e. The quantitative estimate of drug-likeness (QED) is 0.757. The Labute approximate surface area is 135 Å². The van der Waals surface area contributed by atoms with Crippen molar-refractivity contribution in [3.05, 3.63) is 60.3 Å². The smallest absolute Gasteiger partial charge is 0.291 e. The van der Waals surface area contributed by atoms with Crippen LogP contribution < -0.4 is 10.6 Å². The average Bonchev–Trinajstić information content (AvgIpc) is 3.26. The SMILES string of the molecule is CNC(=O)c1ccc(C(=O)Nc2ccc(-n3cncn3)c(F)c2)o1. The van der Waals surface area contributed by atoms with E-state index >= 15 is 0 Å². The fourth-order valence-corrected chi connectivity index (χ4v) is 2.00. The second kappa shape index (κ2) is 6.32. The Hall–Kier alpha value is -3.49. The van der Waals surface area contributed by atoms with Gasteiger partial charge in [0.2, 0.25) is 0 Å². The van der Waals surface area contributed by atoms with Crippen LogP contribution in [-0.4, -0.2) is 33.6 Å². The number of benzene rings is 1. The van der Waals surface area contributed by atoms with Crippen LogP contribution in [0.2, 0.25) is 0 Å². The number of hydrogen-bond donors (Lipinski definition) is 2. The first-order valence-corrected chi connectivity index (χ1v) is 6.86. The minimum absolute atomic E-state index is 0.00959. The minimum atomic E-state index is -0.599. The molecule has 122 valence electrons. The van der Waals surface area contributed by atoms with Gasteiger partial charge in [0.1, 0.15) is 18.3 Å². The molecule has 2 aromatic heterocycles. The Morgan fingerprint density at radius 3 is 2.54 bits per heavy atom. The van der Waals surface area contributed by atoms with Crippen LogP contribution in [0.25, 0.3) is 5.69 Å². The monoisotopic (exact) mass is 329 g/mol. The van der Waals surface area contributed by atoms with Gasteiger partial charge < -0.3 is 15.1 Å². The van der Waals surface area contributed by atoms with Gasteiger partial charge in [-0.25, -0.2) is 14.1 Å². The molecule has 0 bridgehead atoms. The van der Waals surface area contributed by atoms with Crippen molar-refractivity contribution in [3.63, 3.8) is 0 Å². The van der Waals surface area contributed by atoms with E-state index in [0.29, 0.717) is 0 Å². The molecule has 3 rings (SSSR count). The number of anilines is 1. The normalized spacial score (nSPS) is 10.4. The third-order valence-corrected chi connectivity index (χ3v) is 3.15. The van der Waals surface area contributed by atoms with Crippen molar-refractivity contribution in [2.24, 2.45) is 0 Å². The highest BCUT2D eigenvalue weighted by molar-refractivity contribution is 6.03. The van der Waals surface area contributed by atoms with Crippen LogP contribution in [0.5, 0.6) is 0 Å². The van der Waals surface area contributed by atoms with Gasteiger partial charge in [0.25, 0.3) is 11.8 Å². The van der Waals surface area contributed by atoms with E-state index in [1.165, 1.54) is 48.6 Å². The summed E-state index contributed by atoms with van der Waals surface area (Å²) in [6.07, 6.45) is 2.65. The molecule has 0 spiro atoms. The van der Waals surface area contributed by atoms with Crippen molar-refractivity contribution < 1.29 is 18.4 Å². The Bertz CT molecular complexity index is 888. The molecule has 1 aromatic carbocycles. The molecule has 0 aliphatic rings. The lowest BCUT2D eigenvalue weighted by molar-refractivity contribution is 0.0927. The molecule has 2 heterocycles. The van der Waals surface area contributed by atoms with E-state index in [4.69, 9.17) is 4.42 Å². The predicted molar refractivity (Wildman–Crippen MR) is 81.4 cm³/mol. The second-order valence-electron chi connectivity index (χ2n) is 4.70. The molecule has 0 unspecified atom stereocenters. The van der Waals surface area contributed by atoms with Crippen molar-refractivity contribution in [1.29, 1.82) is 0 Å². The lowest BCUT2D eigenvalue weighted by Crippen LogP contribution is -2.17. The van der Waals surface area contributed by atoms with Crippen molar-refractivity contribution in [1.82, 2.24) is 20.1 Å². The van der Waals surface area contributed by atoms with Crippen molar-refractivity contribution in [3.8, 4) is 5.69 Å². The zero-order valence-electron chi connectivity index (χ0n) is 12.5. The topological polar surface area (TPSA) is 102 Å². The van der Waals surface area contributed by atoms with Crippen LogP contribution in [0.3, 0.4) is 0 Å². The van der Waals surface area contributed by atoms with E-state index in [9.17, 15) is 14.0 Å². The average molecular weight is 329 g/mol. The summed E-state index contributed by atoms with van der Waals surface area (Å²) in [6, 6.07) is 6.86. The molecule has 9 heteroatoms. The van der Waals surface area contributed by atoms with Crippen LogP contribution in [0, 0.1) is 5.82 Å². The molecule has 0 saturated heterocycles. The van der Waals surface area contributed by atoms with Gasteiger partial charge in [0, 0.05) is 12.7 Å². The van der Waals surface area contributed by atoms with Gasteiger partial charge in [0.15, 0.2) is 17.3 Å². The molecule has 2 amide bonds. The number of furan rings is 1. The number of nitrogens with zero attached hydrogens (tertiary/aromatic N) is 3. The van der Waals surface area contributed by atoms with Crippen LogP contribution >= 0.6 is 0 Å². The molecule has 3 aromatic rings. The molecule has 0 aliphatic carbocycles. The van der Waals surface area contributed by atoms with Gasteiger partial charge in [-0.1, -0.05) is 0 Å². The highest BCUT2D eigenvalue weighted by Gasteiger charge is 2.16. The van der Waals surface area contributed by atoms with Gasteiger partial charge >= 0.3 is 0 Å². The number of rotatable bonds is 4. The molecule has 0 radical (unpaired) electrons. The van der Waals surface area contributed by atoms with Crippen molar-refractivity contribution in [2.45, 2.75) is 0 Å². The summed E-state index contributed by atoms with van der Waals surface area (Å²) in [6.45, 7) is 0. The van der Waals surface area contributed by atoms with E-state index in [1.807, 2.05) is 0 Å².